The molecule has 3 nitrogen and oxygen atoms in total. The fourth-order valence-corrected chi connectivity index (χ4v) is 3.11. The van der Waals surface area contributed by atoms with E-state index in [9.17, 15) is 13.2 Å². The van der Waals surface area contributed by atoms with Crippen LogP contribution in [-0.2, 0) is 12.7 Å². The van der Waals surface area contributed by atoms with Gasteiger partial charge in [0.2, 0.25) is 0 Å². The lowest BCUT2D eigenvalue weighted by Gasteiger charge is -2.26. The summed E-state index contributed by atoms with van der Waals surface area (Å²) in [5.74, 6) is 0.700. The van der Waals surface area contributed by atoms with Crippen molar-refractivity contribution in [3.05, 3.63) is 59.2 Å². The highest BCUT2D eigenvalue weighted by Gasteiger charge is 2.39. The highest BCUT2D eigenvalue weighted by molar-refractivity contribution is 5.58. The van der Waals surface area contributed by atoms with Crippen LogP contribution in [-0.4, -0.2) is 13.7 Å². The largest absolute Gasteiger partial charge is 0.497 e. The average Bonchev–Trinajstić information content (AvgIpc) is 2.92. The van der Waals surface area contributed by atoms with Gasteiger partial charge in [-0.25, -0.2) is 0 Å². The minimum atomic E-state index is -4.36. The fraction of sp³-hybridized carbons (Fsp3) is 0.294. The molecule has 0 radical (unpaired) electrons. The van der Waals surface area contributed by atoms with E-state index in [2.05, 4.69) is 0 Å². The second-order valence-corrected chi connectivity index (χ2v) is 5.45. The van der Waals surface area contributed by atoms with Crippen molar-refractivity contribution in [3.63, 3.8) is 0 Å². The number of methoxy groups -OCH3 is 1. The Balaban J connectivity index is 2.02. The van der Waals surface area contributed by atoms with Crippen molar-refractivity contribution in [2.45, 2.75) is 18.8 Å². The molecule has 0 spiro atoms. The van der Waals surface area contributed by atoms with E-state index in [0.717, 1.165) is 11.8 Å². The molecule has 2 aromatic rings. The van der Waals surface area contributed by atoms with Crippen LogP contribution in [0.2, 0.25) is 0 Å². The van der Waals surface area contributed by atoms with Crippen LogP contribution in [0.4, 0.5) is 18.9 Å². The fourth-order valence-electron chi connectivity index (χ4n) is 3.11. The zero-order valence-corrected chi connectivity index (χ0v) is 12.6. The number of benzene rings is 2. The van der Waals surface area contributed by atoms with Gasteiger partial charge in [-0.15, -0.1) is 0 Å². The SMILES string of the molecule is COc1ccc(N2Cc3c(cccc3C(F)(F)F)C2CN)cc1. The second-order valence-electron chi connectivity index (χ2n) is 5.45. The van der Waals surface area contributed by atoms with Crippen LogP contribution in [0.25, 0.3) is 0 Å². The zero-order chi connectivity index (χ0) is 16.6. The maximum Gasteiger partial charge on any atom is 0.416 e. The van der Waals surface area contributed by atoms with E-state index in [0.29, 0.717) is 16.9 Å². The Morgan fingerprint density at radius 3 is 2.43 bits per heavy atom. The predicted molar refractivity (Wildman–Crippen MR) is 82.4 cm³/mol. The predicted octanol–water partition coefficient (Wildman–Crippen LogP) is 3.73. The lowest BCUT2D eigenvalue weighted by Crippen LogP contribution is -2.27. The van der Waals surface area contributed by atoms with Crippen LogP contribution in [0.3, 0.4) is 0 Å². The van der Waals surface area contributed by atoms with Gasteiger partial charge in [0, 0.05) is 18.8 Å². The van der Waals surface area contributed by atoms with Gasteiger partial charge in [-0.05, 0) is 41.5 Å². The molecule has 1 atom stereocenters. The summed E-state index contributed by atoms with van der Waals surface area (Å²) in [6.45, 7) is 0.444. The smallest absolute Gasteiger partial charge is 0.416 e. The van der Waals surface area contributed by atoms with Gasteiger partial charge in [-0.1, -0.05) is 12.1 Å². The second kappa shape index (κ2) is 5.77. The monoisotopic (exact) mass is 322 g/mol. The van der Waals surface area contributed by atoms with E-state index in [-0.39, 0.29) is 19.1 Å². The summed E-state index contributed by atoms with van der Waals surface area (Å²) >= 11 is 0. The maximum atomic E-state index is 13.2. The van der Waals surface area contributed by atoms with Gasteiger partial charge in [-0.3, -0.25) is 0 Å². The van der Waals surface area contributed by atoms with Crippen molar-refractivity contribution in [1.82, 2.24) is 0 Å². The van der Waals surface area contributed by atoms with E-state index < -0.39 is 11.7 Å². The Labute approximate surface area is 132 Å². The first-order chi connectivity index (χ1) is 11.0. The third kappa shape index (κ3) is 2.74. The average molecular weight is 322 g/mol. The van der Waals surface area contributed by atoms with Crippen molar-refractivity contribution >= 4 is 5.69 Å². The minimum absolute atomic E-state index is 0.194. The molecule has 0 aromatic heterocycles. The first-order valence-electron chi connectivity index (χ1n) is 7.25. The van der Waals surface area contributed by atoms with Crippen molar-refractivity contribution in [1.29, 1.82) is 0 Å². The lowest BCUT2D eigenvalue weighted by atomic mass is 9.99. The molecule has 1 aliphatic heterocycles. The molecule has 1 unspecified atom stereocenters. The van der Waals surface area contributed by atoms with Gasteiger partial charge in [0.15, 0.2) is 0 Å². The Kier molecular flexibility index (Phi) is 3.93. The molecule has 0 fully saturated rings. The summed E-state index contributed by atoms with van der Waals surface area (Å²) < 4.78 is 44.8. The molecule has 122 valence electrons. The summed E-state index contributed by atoms with van der Waals surface area (Å²) in [5, 5.41) is 0. The molecule has 6 heteroatoms. The van der Waals surface area contributed by atoms with Crippen LogP contribution in [0, 0.1) is 0 Å². The normalized spacial score (nSPS) is 17.3. The van der Waals surface area contributed by atoms with E-state index in [1.165, 1.54) is 6.07 Å². The van der Waals surface area contributed by atoms with Crippen molar-refractivity contribution in [2.24, 2.45) is 5.73 Å². The summed E-state index contributed by atoms with van der Waals surface area (Å²) in [6.07, 6.45) is -4.36. The van der Waals surface area contributed by atoms with Crippen LogP contribution < -0.4 is 15.4 Å². The van der Waals surface area contributed by atoms with E-state index in [1.807, 2.05) is 17.0 Å². The molecule has 3 rings (SSSR count). The number of anilines is 1. The van der Waals surface area contributed by atoms with Gasteiger partial charge < -0.3 is 15.4 Å². The summed E-state index contributed by atoms with van der Waals surface area (Å²) in [4.78, 5) is 1.90. The summed E-state index contributed by atoms with van der Waals surface area (Å²) in [5.41, 5.74) is 7.05. The molecule has 2 aromatic carbocycles. The lowest BCUT2D eigenvalue weighted by molar-refractivity contribution is -0.138. The van der Waals surface area contributed by atoms with Crippen LogP contribution in [0.1, 0.15) is 22.7 Å². The van der Waals surface area contributed by atoms with Crippen molar-refractivity contribution in [2.75, 3.05) is 18.6 Å². The Hall–Kier alpha value is -2.21. The topological polar surface area (TPSA) is 38.5 Å². The number of nitrogens with zero attached hydrogens (tertiary/aromatic N) is 1. The molecule has 0 saturated heterocycles. The highest BCUT2D eigenvalue weighted by atomic mass is 19.4. The number of halogens is 3. The van der Waals surface area contributed by atoms with Gasteiger partial charge in [0.05, 0.1) is 18.7 Å². The molecule has 0 bridgehead atoms. The molecule has 0 saturated carbocycles. The maximum absolute atomic E-state index is 13.2. The quantitative estimate of drug-likeness (QED) is 0.936. The summed E-state index contributed by atoms with van der Waals surface area (Å²) in [7, 11) is 1.57. The van der Waals surface area contributed by atoms with Gasteiger partial charge in [0.25, 0.3) is 0 Å². The van der Waals surface area contributed by atoms with Gasteiger partial charge >= 0.3 is 6.18 Å². The molecule has 1 aliphatic rings. The van der Waals surface area contributed by atoms with Crippen LogP contribution >= 0.6 is 0 Å². The van der Waals surface area contributed by atoms with E-state index >= 15 is 0 Å². The number of fused-ring (bicyclic) bond motifs is 1. The molecule has 1 heterocycles. The van der Waals surface area contributed by atoms with Gasteiger partial charge in [0.1, 0.15) is 5.75 Å². The Morgan fingerprint density at radius 1 is 1.17 bits per heavy atom. The van der Waals surface area contributed by atoms with Crippen molar-refractivity contribution in [3.8, 4) is 5.75 Å². The number of rotatable bonds is 3. The molecule has 23 heavy (non-hydrogen) atoms. The highest BCUT2D eigenvalue weighted by Crippen LogP contribution is 2.43. The number of nitrogens with two attached hydrogens (primary N) is 1. The third-order valence-electron chi connectivity index (χ3n) is 4.21. The van der Waals surface area contributed by atoms with Crippen LogP contribution in [0.5, 0.6) is 5.75 Å². The number of hydrogen-bond donors (Lipinski definition) is 1. The molecule has 0 aliphatic carbocycles. The Bertz CT molecular complexity index is 698. The minimum Gasteiger partial charge on any atom is -0.497 e. The molecule has 0 amide bonds. The van der Waals surface area contributed by atoms with Gasteiger partial charge in [-0.2, -0.15) is 13.2 Å². The standard InChI is InChI=1S/C17H17F3N2O/c1-23-12-7-5-11(6-8-12)22-10-14-13(16(22)9-21)3-2-4-15(14)17(18,19)20/h2-8,16H,9-10,21H2,1H3. The molecular formula is C17H17F3N2O. The van der Waals surface area contributed by atoms with Crippen LogP contribution in [0.15, 0.2) is 42.5 Å². The number of alkyl halides is 3. The number of hydrogen-bond acceptors (Lipinski definition) is 3. The Morgan fingerprint density at radius 2 is 1.87 bits per heavy atom. The molecule has 2 N–H and O–H groups in total. The zero-order valence-electron chi connectivity index (χ0n) is 12.6. The molecular weight excluding hydrogens is 305 g/mol. The number of ether oxygens (including phenoxy) is 1. The van der Waals surface area contributed by atoms with E-state index in [1.54, 1.807) is 25.3 Å². The van der Waals surface area contributed by atoms with Crippen molar-refractivity contribution < 1.29 is 17.9 Å². The van der Waals surface area contributed by atoms with E-state index in [4.69, 9.17) is 10.5 Å². The summed E-state index contributed by atoms with van der Waals surface area (Å²) in [6, 6.07) is 11.3. The third-order valence-corrected chi connectivity index (χ3v) is 4.21. The first kappa shape index (κ1) is 15.7. The first-order valence-corrected chi connectivity index (χ1v) is 7.25.